The Balaban J connectivity index is 1.44. The van der Waals surface area contributed by atoms with Gasteiger partial charge in [0, 0.05) is 10.8 Å². The average Bonchev–Trinajstić information content (AvgIpc) is 3.13. The number of hydrogen-bond donors (Lipinski definition) is 2. The molecule has 26 heavy (non-hydrogen) atoms. The molecule has 138 valence electrons. The molecule has 5 nitrogen and oxygen atoms in total. The van der Waals surface area contributed by atoms with Gasteiger partial charge >= 0.3 is 5.97 Å². The maximum atomic E-state index is 11.0. The second kappa shape index (κ2) is 8.66. The molecule has 0 spiro atoms. The van der Waals surface area contributed by atoms with Gasteiger partial charge in [0.1, 0.15) is 30.8 Å². The number of benzene rings is 2. The van der Waals surface area contributed by atoms with Gasteiger partial charge in [0.2, 0.25) is 0 Å². The zero-order valence-electron chi connectivity index (χ0n) is 14.3. The number of aliphatic carboxylic acids is 1. The Morgan fingerprint density at radius 2 is 1.85 bits per heavy atom. The molecule has 2 unspecified atom stereocenters. The molecule has 0 radical (unpaired) electrons. The molecule has 2 atom stereocenters. The van der Waals surface area contributed by atoms with Gasteiger partial charge in [0.15, 0.2) is 0 Å². The van der Waals surface area contributed by atoms with Gasteiger partial charge < -0.3 is 14.6 Å². The molecule has 0 aromatic heterocycles. The second-order valence-electron chi connectivity index (χ2n) is 5.95. The summed E-state index contributed by atoms with van der Waals surface area (Å²) in [5.41, 5.74) is 2.02. The highest BCUT2D eigenvalue weighted by molar-refractivity contribution is 7.99. The van der Waals surface area contributed by atoms with E-state index in [0.29, 0.717) is 19.0 Å². The quantitative estimate of drug-likeness (QED) is 0.695. The maximum Gasteiger partial charge on any atom is 0.321 e. The van der Waals surface area contributed by atoms with Crippen molar-refractivity contribution < 1.29 is 19.4 Å². The summed E-state index contributed by atoms with van der Waals surface area (Å²) in [5, 5.41) is 12.9. The lowest BCUT2D eigenvalue weighted by molar-refractivity contribution is -0.138. The summed E-state index contributed by atoms with van der Waals surface area (Å²) in [6.07, 6.45) is 0. The fourth-order valence-corrected chi connectivity index (χ4v) is 3.92. The van der Waals surface area contributed by atoms with Gasteiger partial charge in [-0.25, -0.2) is 0 Å². The largest absolute Gasteiger partial charge is 0.490 e. The molecular weight excluding hydrogens is 374 g/mol. The van der Waals surface area contributed by atoms with E-state index >= 15 is 0 Å². The first kappa shape index (κ1) is 18.9. The standard InChI is InChI=1S/C19H20ClNO4S/c1-12-10-15(6-7-16(12)20)25-9-8-24-14-4-2-13(3-5-14)18-21-17(11-26-18)19(22)23/h2-7,10,17-18,21H,8-9,11H2,1H3,(H,22,23). The van der Waals surface area contributed by atoms with Gasteiger partial charge in [0.25, 0.3) is 0 Å². The molecule has 1 saturated heterocycles. The number of carboxylic acids is 1. The molecule has 1 fully saturated rings. The van der Waals surface area contributed by atoms with E-state index in [-0.39, 0.29) is 5.37 Å². The van der Waals surface area contributed by atoms with Crippen molar-refractivity contribution in [3.8, 4) is 11.5 Å². The van der Waals surface area contributed by atoms with Crippen LogP contribution < -0.4 is 14.8 Å². The van der Waals surface area contributed by atoms with Crippen LogP contribution in [-0.2, 0) is 4.79 Å². The fraction of sp³-hybridized carbons (Fsp3) is 0.316. The predicted octanol–water partition coefficient (Wildman–Crippen LogP) is 3.89. The van der Waals surface area contributed by atoms with E-state index in [0.717, 1.165) is 27.6 Å². The van der Waals surface area contributed by atoms with Gasteiger partial charge in [-0.05, 0) is 48.4 Å². The number of thioether (sulfide) groups is 1. The molecule has 0 amide bonds. The predicted molar refractivity (Wildman–Crippen MR) is 103 cm³/mol. The van der Waals surface area contributed by atoms with Crippen LogP contribution in [0.15, 0.2) is 42.5 Å². The molecule has 0 saturated carbocycles. The van der Waals surface area contributed by atoms with Gasteiger partial charge in [-0.1, -0.05) is 23.7 Å². The minimum absolute atomic E-state index is 0.00151. The molecule has 7 heteroatoms. The number of aryl methyl sites for hydroxylation is 1. The number of carboxylic acid groups (broad SMARTS) is 1. The molecule has 1 aliphatic heterocycles. The van der Waals surface area contributed by atoms with Gasteiger partial charge in [-0.3, -0.25) is 10.1 Å². The molecule has 2 aromatic carbocycles. The highest BCUT2D eigenvalue weighted by Gasteiger charge is 2.30. The molecule has 2 N–H and O–H groups in total. The third-order valence-corrected chi connectivity index (χ3v) is 5.70. The second-order valence-corrected chi connectivity index (χ2v) is 7.49. The van der Waals surface area contributed by atoms with Crippen LogP contribution in [0.25, 0.3) is 0 Å². The maximum absolute atomic E-state index is 11.0. The van der Waals surface area contributed by atoms with Crippen LogP contribution in [0.4, 0.5) is 0 Å². The minimum Gasteiger partial charge on any atom is -0.490 e. The summed E-state index contributed by atoms with van der Waals surface area (Å²) in [6, 6.07) is 12.7. The lowest BCUT2D eigenvalue weighted by Gasteiger charge is -2.13. The van der Waals surface area contributed by atoms with Crippen molar-refractivity contribution in [3.63, 3.8) is 0 Å². The SMILES string of the molecule is Cc1cc(OCCOc2ccc(C3NC(C(=O)O)CS3)cc2)ccc1Cl. The zero-order chi connectivity index (χ0) is 18.5. The van der Waals surface area contributed by atoms with Crippen molar-refractivity contribution in [2.24, 2.45) is 0 Å². The lowest BCUT2D eigenvalue weighted by Crippen LogP contribution is -2.33. The van der Waals surface area contributed by atoms with Crippen LogP contribution in [0.1, 0.15) is 16.5 Å². The molecular formula is C19H20ClNO4S. The lowest BCUT2D eigenvalue weighted by atomic mass is 10.2. The fourth-order valence-electron chi connectivity index (χ4n) is 2.57. The summed E-state index contributed by atoms with van der Waals surface area (Å²) in [7, 11) is 0. The summed E-state index contributed by atoms with van der Waals surface area (Å²) < 4.78 is 11.3. The third kappa shape index (κ3) is 4.84. The number of hydrogen-bond acceptors (Lipinski definition) is 5. The van der Waals surface area contributed by atoms with Crippen LogP contribution in [0.5, 0.6) is 11.5 Å². The van der Waals surface area contributed by atoms with E-state index in [4.69, 9.17) is 26.2 Å². The van der Waals surface area contributed by atoms with E-state index in [1.807, 2.05) is 49.4 Å². The van der Waals surface area contributed by atoms with E-state index < -0.39 is 12.0 Å². The number of halogens is 1. The van der Waals surface area contributed by atoms with Crippen LogP contribution in [0.3, 0.4) is 0 Å². The van der Waals surface area contributed by atoms with Gasteiger partial charge in [0.05, 0.1) is 5.37 Å². The Labute approximate surface area is 161 Å². The normalized spacial score (nSPS) is 19.3. The van der Waals surface area contributed by atoms with Crippen molar-refractivity contribution in [3.05, 3.63) is 58.6 Å². The molecule has 0 aliphatic carbocycles. The van der Waals surface area contributed by atoms with Gasteiger partial charge in [-0.2, -0.15) is 0 Å². The zero-order valence-corrected chi connectivity index (χ0v) is 15.8. The highest BCUT2D eigenvalue weighted by Crippen LogP contribution is 2.33. The summed E-state index contributed by atoms with van der Waals surface area (Å²) >= 11 is 7.59. The monoisotopic (exact) mass is 393 g/mol. The summed E-state index contributed by atoms with van der Waals surface area (Å²) in [5.74, 6) is 1.28. The number of ether oxygens (including phenoxy) is 2. The van der Waals surface area contributed by atoms with E-state index in [1.54, 1.807) is 11.8 Å². The van der Waals surface area contributed by atoms with E-state index in [2.05, 4.69) is 5.32 Å². The van der Waals surface area contributed by atoms with Crippen LogP contribution in [-0.4, -0.2) is 36.1 Å². The first-order valence-electron chi connectivity index (χ1n) is 8.25. The van der Waals surface area contributed by atoms with E-state index in [9.17, 15) is 4.79 Å². The van der Waals surface area contributed by atoms with Crippen molar-refractivity contribution in [1.82, 2.24) is 5.32 Å². The molecule has 3 rings (SSSR count). The Morgan fingerprint density at radius 1 is 1.19 bits per heavy atom. The molecule has 1 aliphatic rings. The van der Waals surface area contributed by atoms with E-state index in [1.165, 1.54) is 0 Å². The number of carbonyl (C=O) groups is 1. The van der Waals surface area contributed by atoms with Crippen molar-refractivity contribution >= 4 is 29.3 Å². The van der Waals surface area contributed by atoms with Gasteiger partial charge in [-0.15, -0.1) is 11.8 Å². The average molecular weight is 394 g/mol. The van der Waals surface area contributed by atoms with Crippen molar-refractivity contribution in [1.29, 1.82) is 0 Å². The molecule has 1 heterocycles. The van der Waals surface area contributed by atoms with Crippen LogP contribution >= 0.6 is 23.4 Å². The molecule has 2 aromatic rings. The summed E-state index contributed by atoms with van der Waals surface area (Å²) in [4.78, 5) is 11.0. The minimum atomic E-state index is -0.809. The van der Waals surface area contributed by atoms with Crippen LogP contribution in [0.2, 0.25) is 5.02 Å². The van der Waals surface area contributed by atoms with Crippen LogP contribution in [0, 0.1) is 6.92 Å². The molecule has 0 bridgehead atoms. The number of nitrogens with one attached hydrogen (secondary N) is 1. The first-order valence-corrected chi connectivity index (χ1v) is 9.68. The summed E-state index contributed by atoms with van der Waals surface area (Å²) in [6.45, 7) is 2.80. The Hall–Kier alpha value is -1.89. The smallest absolute Gasteiger partial charge is 0.321 e. The number of rotatable bonds is 7. The third-order valence-electron chi connectivity index (χ3n) is 4.01. The Kier molecular flexibility index (Phi) is 6.29. The van der Waals surface area contributed by atoms with Crippen molar-refractivity contribution in [2.75, 3.05) is 19.0 Å². The highest BCUT2D eigenvalue weighted by atomic mass is 35.5. The van der Waals surface area contributed by atoms with Crippen molar-refractivity contribution in [2.45, 2.75) is 18.3 Å². The topological polar surface area (TPSA) is 67.8 Å². The Morgan fingerprint density at radius 3 is 2.46 bits per heavy atom. The Bertz CT molecular complexity index is 769. The first-order chi connectivity index (χ1) is 12.5.